The van der Waals surface area contributed by atoms with Gasteiger partial charge in [-0.1, -0.05) is 22.0 Å². The van der Waals surface area contributed by atoms with Crippen LogP contribution in [0.25, 0.3) is 0 Å². The number of hydrogen-bond acceptors (Lipinski definition) is 3. The molecule has 1 fully saturated rings. The number of anilines is 1. The van der Waals surface area contributed by atoms with Crippen molar-refractivity contribution in [1.29, 1.82) is 0 Å². The van der Waals surface area contributed by atoms with Crippen molar-refractivity contribution in [1.82, 2.24) is 5.32 Å². The lowest BCUT2D eigenvalue weighted by atomic mass is 9.89. The number of nitrogens with two attached hydrogens (primary N) is 1. The zero-order valence-electron chi connectivity index (χ0n) is 11.4. The van der Waals surface area contributed by atoms with E-state index < -0.39 is 5.41 Å². The van der Waals surface area contributed by atoms with Gasteiger partial charge in [0.05, 0.1) is 5.41 Å². The van der Waals surface area contributed by atoms with E-state index in [1.165, 1.54) is 5.56 Å². The van der Waals surface area contributed by atoms with E-state index in [1.54, 1.807) is 0 Å². The highest BCUT2D eigenvalue weighted by atomic mass is 79.9. The van der Waals surface area contributed by atoms with Crippen LogP contribution < -0.4 is 16.0 Å². The normalized spacial score (nSPS) is 22.8. The maximum absolute atomic E-state index is 11.5. The molecule has 1 aromatic rings. The number of nitrogens with zero attached hydrogens (tertiary/aromatic N) is 1. The zero-order chi connectivity index (χ0) is 14.0. The van der Waals surface area contributed by atoms with Gasteiger partial charge in [0.15, 0.2) is 0 Å². The van der Waals surface area contributed by atoms with Crippen LogP contribution in [0.1, 0.15) is 18.9 Å². The number of hydrogen-bond donors (Lipinski definition) is 2. The highest BCUT2D eigenvalue weighted by Crippen LogP contribution is 2.34. The van der Waals surface area contributed by atoms with Gasteiger partial charge < -0.3 is 16.0 Å². The summed E-state index contributed by atoms with van der Waals surface area (Å²) in [5.74, 6) is -0.208. The first kappa shape index (κ1) is 14.3. The average Bonchev–Trinajstić information content (AvgIpc) is 2.76. The molecular formula is C14H20BrN3O. The van der Waals surface area contributed by atoms with Gasteiger partial charge >= 0.3 is 0 Å². The first-order chi connectivity index (χ1) is 8.96. The number of amides is 1. The summed E-state index contributed by atoms with van der Waals surface area (Å²) >= 11 is 3.59. The van der Waals surface area contributed by atoms with E-state index in [9.17, 15) is 4.79 Å². The minimum Gasteiger partial charge on any atom is -0.370 e. The van der Waals surface area contributed by atoms with E-state index in [4.69, 9.17) is 5.73 Å². The van der Waals surface area contributed by atoms with Crippen molar-refractivity contribution in [3.05, 3.63) is 28.2 Å². The molecule has 5 heteroatoms. The molecule has 1 aliphatic rings. The first-order valence-electron chi connectivity index (χ1n) is 6.44. The van der Waals surface area contributed by atoms with Gasteiger partial charge in [-0.3, -0.25) is 4.79 Å². The van der Waals surface area contributed by atoms with Gasteiger partial charge in [0.25, 0.3) is 0 Å². The Kier molecular flexibility index (Phi) is 4.16. The first-order valence-corrected chi connectivity index (χ1v) is 7.23. The third-order valence-corrected chi connectivity index (χ3v) is 4.58. The molecule has 4 nitrogen and oxygen atoms in total. The van der Waals surface area contributed by atoms with Crippen LogP contribution in [-0.4, -0.2) is 26.0 Å². The maximum atomic E-state index is 11.5. The predicted molar refractivity (Wildman–Crippen MR) is 81.0 cm³/mol. The third-order valence-electron chi connectivity index (χ3n) is 3.84. The second kappa shape index (κ2) is 5.51. The Morgan fingerprint density at radius 3 is 2.84 bits per heavy atom. The third kappa shape index (κ3) is 2.92. The van der Waals surface area contributed by atoms with E-state index in [0.717, 1.165) is 29.7 Å². The summed E-state index contributed by atoms with van der Waals surface area (Å²) in [5, 5.41) is 3.14. The van der Waals surface area contributed by atoms with Crippen molar-refractivity contribution in [3.63, 3.8) is 0 Å². The number of halogens is 1. The Morgan fingerprint density at radius 1 is 1.58 bits per heavy atom. The summed E-state index contributed by atoms with van der Waals surface area (Å²) in [6.07, 6.45) is 0.818. The summed E-state index contributed by atoms with van der Waals surface area (Å²) in [4.78, 5) is 13.7. The quantitative estimate of drug-likeness (QED) is 0.888. The Labute approximate surface area is 122 Å². The van der Waals surface area contributed by atoms with Gasteiger partial charge in [-0.25, -0.2) is 0 Å². The van der Waals surface area contributed by atoms with Gasteiger partial charge in [-0.2, -0.15) is 0 Å². The van der Waals surface area contributed by atoms with Crippen molar-refractivity contribution in [2.75, 3.05) is 25.0 Å². The van der Waals surface area contributed by atoms with Crippen LogP contribution in [0.4, 0.5) is 5.69 Å². The molecule has 0 saturated carbocycles. The van der Waals surface area contributed by atoms with Crippen LogP contribution >= 0.6 is 15.9 Å². The largest absolute Gasteiger partial charge is 0.370 e. The lowest BCUT2D eigenvalue weighted by molar-refractivity contribution is -0.125. The van der Waals surface area contributed by atoms with Crippen molar-refractivity contribution in [2.45, 2.75) is 19.9 Å². The summed E-state index contributed by atoms with van der Waals surface area (Å²) in [6.45, 7) is 4.34. The van der Waals surface area contributed by atoms with E-state index in [1.807, 2.05) is 14.0 Å². The van der Waals surface area contributed by atoms with Crippen LogP contribution in [0.15, 0.2) is 22.7 Å². The molecule has 1 atom stereocenters. The smallest absolute Gasteiger partial charge is 0.225 e. The Morgan fingerprint density at radius 2 is 2.32 bits per heavy atom. The van der Waals surface area contributed by atoms with Crippen LogP contribution in [0.5, 0.6) is 0 Å². The molecule has 104 valence electrons. The average molecular weight is 326 g/mol. The van der Waals surface area contributed by atoms with Gasteiger partial charge in [0.2, 0.25) is 5.91 Å². The van der Waals surface area contributed by atoms with Crippen molar-refractivity contribution in [3.8, 4) is 0 Å². The number of carbonyl (C=O) groups excluding carboxylic acids is 1. The highest BCUT2D eigenvalue weighted by Gasteiger charge is 2.38. The van der Waals surface area contributed by atoms with E-state index in [0.29, 0.717) is 6.54 Å². The van der Waals surface area contributed by atoms with E-state index in [-0.39, 0.29) is 5.91 Å². The van der Waals surface area contributed by atoms with Crippen LogP contribution in [0.3, 0.4) is 0 Å². The number of benzene rings is 1. The van der Waals surface area contributed by atoms with E-state index in [2.05, 4.69) is 44.3 Å². The van der Waals surface area contributed by atoms with Crippen molar-refractivity contribution in [2.24, 2.45) is 11.1 Å². The lowest BCUT2D eigenvalue weighted by Gasteiger charge is -2.23. The lowest BCUT2D eigenvalue weighted by Crippen LogP contribution is -2.37. The number of carbonyl (C=O) groups is 1. The molecule has 1 unspecified atom stereocenters. The van der Waals surface area contributed by atoms with Crippen molar-refractivity contribution >= 4 is 27.5 Å². The number of nitrogens with one attached hydrogen (secondary N) is 1. The molecule has 0 bridgehead atoms. The standard InChI is InChI=1S/C14H20BrN3O/c1-14(13(16)19)5-6-18(9-14)11-4-3-10(8-17-2)12(15)7-11/h3-4,7,17H,5-6,8-9H2,1-2H3,(H2,16,19). The molecule has 1 saturated heterocycles. The summed E-state index contributed by atoms with van der Waals surface area (Å²) in [7, 11) is 1.93. The fourth-order valence-electron chi connectivity index (χ4n) is 2.45. The molecule has 1 aliphatic heterocycles. The molecule has 1 heterocycles. The molecule has 1 aromatic carbocycles. The minimum atomic E-state index is -0.407. The Bertz CT molecular complexity index is 492. The van der Waals surface area contributed by atoms with E-state index >= 15 is 0 Å². The van der Waals surface area contributed by atoms with Crippen LogP contribution in [-0.2, 0) is 11.3 Å². The molecule has 0 radical (unpaired) electrons. The fourth-order valence-corrected chi connectivity index (χ4v) is 2.96. The second-order valence-electron chi connectivity index (χ2n) is 5.40. The molecule has 19 heavy (non-hydrogen) atoms. The van der Waals surface area contributed by atoms with Crippen LogP contribution in [0.2, 0.25) is 0 Å². The monoisotopic (exact) mass is 325 g/mol. The van der Waals surface area contributed by atoms with Gasteiger partial charge in [0, 0.05) is 29.8 Å². The highest BCUT2D eigenvalue weighted by molar-refractivity contribution is 9.10. The summed E-state index contributed by atoms with van der Waals surface area (Å²) in [6, 6.07) is 6.32. The molecule has 1 amide bonds. The number of primary amides is 1. The Hall–Kier alpha value is -1.07. The van der Waals surface area contributed by atoms with Gasteiger partial charge in [0.1, 0.15) is 0 Å². The van der Waals surface area contributed by atoms with Gasteiger partial charge in [-0.05, 0) is 38.1 Å². The Balaban J connectivity index is 2.16. The zero-order valence-corrected chi connectivity index (χ0v) is 13.0. The SMILES string of the molecule is CNCc1ccc(N2CCC(C)(C(N)=O)C2)cc1Br. The predicted octanol–water partition coefficient (Wildman–Crippen LogP) is 1.87. The topological polar surface area (TPSA) is 58.4 Å². The molecule has 0 spiro atoms. The van der Waals surface area contributed by atoms with Crippen molar-refractivity contribution < 1.29 is 4.79 Å². The van der Waals surface area contributed by atoms with Crippen LogP contribution in [0, 0.1) is 5.41 Å². The summed E-state index contributed by atoms with van der Waals surface area (Å²) < 4.78 is 1.09. The molecule has 0 aromatic heterocycles. The molecule has 2 rings (SSSR count). The maximum Gasteiger partial charge on any atom is 0.225 e. The summed E-state index contributed by atoms with van der Waals surface area (Å²) in [5.41, 5.74) is 7.44. The molecular weight excluding hydrogens is 306 g/mol. The fraction of sp³-hybridized carbons (Fsp3) is 0.500. The van der Waals surface area contributed by atoms with Gasteiger partial charge in [-0.15, -0.1) is 0 Å². The minimum absolute atomic E-state index is 0.208. The number of rotatable bonds is 4. The second-order valence-corrected chi connectivity index (χ2v) is 6.26. The molecule has 0 aliphatic carbocycles. The molecule has 3 N–H and O–H groups in total.